The highest BCUT2D eigenvalue weighted by Crippen LogP contribution is 2.34. The van der Waals surface area contributed by atoms with Crippen molar-refractivity contribution in [2.45, 2.75) is 6.42 Å². The maximum absolute atomic E-state index is 8.78. The monoisotopic (exact) mass is 193 g/mol. The molecule has 0 atom stereocenters. The Morgan fingerprint density at radius 3 is 3.07 bits per heavy atom. The molecule has 0 saturated heterocycles. The molecule has 0 aliphatic heterocycles. The Bertz CT molecular complexity index is 582. The van der Waals surface area contributed by atoms with Gasteiger partial charge in [-0.05, 0) is 23.3 Å². The first-order valence-corrected chi connectivity index (χ1v) is 4.71. The van der Waals surface area contributed by atoms with Crippen LogP contribution in [0.5, 0.6) is 0 Å². The van der Waals surface area contributed by atoms with E-state index in [1.165, 1.54) is 5.56 Å². The van der Waals surface area contributed by atoms with Gasteiger partial charge in [-0.25, -0.2) is 0 Å². The standard InChI is InChI=1S/C12H7N3/c13-5-8-3-9-4-10-7-14-2-1-11(10)12(9)15-6-8/h1-3,6-7H,4H2. The molecule has 0 unspecified atom stereocenters. The van der Waals surface area contributed by atoms with Gasteiger partial charge in [0, 0.05) is 30.6 Å². The van der Waals surface area contributed by atoms with Gasteiger partial charge in [0.25, 0.3) is 0 Å². The van der Waals surface area contributed by atoms with E-state index in [9.17, 15) is 0 Å². The Labute approximate surface area is 87.0 Å². The third kappa shape index (κ3) is 1.12. The van der Waals surface area contributed by atoms with E-state index in [1.807, 2.05) is 18.3 Å². The minimum atomic E-state index is 0.620. The molecule has 2 heterocycles. The van der Waals surface area contributed by atoms with Gasteiger partial charge in [0.05, 0.1) is 11.3 Å². The fourth-order valence-corrected chi connectivity index (χ4v) is 1.95. The van der Waals surface area contributed by atoms with Crippen LogP contribution in [0.2, 0.25) is 0 Å². The maximum Gasteiger partial charge on any atom is 0.101 e. The van der Waals surface area contributed by atoms with Crippen molar-refractivity contribution in [2.75, 3.05) is 0 Å². The summed E-state index contributed by atoms with van der Waals surface area (Å²) in [6.07, 6.45) is 6.09. The van der Waals surface area contributed by atoms with Crippen LogP contribution >= 0.6 is 0 Å². The van der Waals surface area contributed by atoms with Crippen LogP contribution in [0, 0.1) is 11.3 Å². The van der Waals surface area contributed by atoms with Crippen LogP contribution in [0.4, 0.5) is 0 Å². The fraction of sp³-hybridized carbons (Fsp3) is 0.0833. The van der Waals surface area contributed by atoms with Gasteiger partial charge in [0.1, 0.15) is 6.07 Å². The van der Waals surface area contributed by atoms with Gasteiger partial charge in [0.15, 0.2) is 0 Å². The van der Waals surface area contributed by atoms with Crippen molar-refractivity contribution < 1.29 is 0 Å². The maximum atomic E-state index is 8.78. The highest BCUT2D eigenvalue weighted by atomic mass is 14.7. The largest absolute Gasteiger partial charge is 0.264 e. The SMILES string of the molecule is N#Cc1cnc2c(c1)Cc1cnccc1-2. The Morgan fingerprint density at radius 1 is 1.27 bits per heavy atom. The van der Waals surface area contributed by atoms with Crippen LogP contribution < -0.4 is 0 Å². The zero-order valence-corrected chi connectivity index (χ0v) is 7.94. The van der Waals surface area contributed by atoms with Crippen LogP contribution in [0.25, 0.3) is 11.3 Å². The van der Waals surface area contributed by atoms with Crippen molar-refractivity contribution in [2.24, 2.45) is 0 Å². The zero-order chi connectivity index (χ0) is 10.3. The van der Waals surface area contributed by atoms with E-state index in [-0.39, 0.29) is 0 Å². The number of hydrogen-bond acceptors (Lipinski definition) is 3. The molecule has 0 spiro atoms. The van der Waals surface area contributed by atoms with Crippen LogP contribution in [0.15, 0.2) is 30.7 Å². The van der Waals surface area contributed by atoms with E-state index in [0.717, 1.165) is 23.2 Å². The van der Waals surface area contributed by atoms with Crippen LogP contribution in [-0.4, -0.2) is 9.97 Å². The summed E-state index contributed by atoms with van der Waals surface area (Å²) < 4.78 is 0. The van der Waals surface area contributed by atoms with E-state index in [0.29, 0.717) is 5.56 Å². The molecule has 0 saturated carbocycles. The van der Waals surface area contributed by atoms with E-state index in [1.54, 1.807) is 12.4 Å². The molecule has 0 aromatic carbocycles. The van der Waals surface area contributed by atoms with Gasteiger partial charge in [-0.15, -0.1) is 0 Å². The van der Waals surface area contributed by atoms with Crippen LogP contribution in [0.3, 0.4) is 0 Å². The summed E-state index contributed by atoms with van der Waals surface area (Å²) in [4.78, 5) is 8.41. The lowest BCUT2D eigenvalue weighted by Gasteiger charge is -1.98. The van der Waals surface area contributed by atoms with Crippen molar-refractivity contribution in [3.63, 3.8) is 0 Å². The van der Waals surface area contributed by atoms with Gasteiger partial charge in [0.2, 0.25) is 0 Å². The molecule has 0 amide bonds. The molecule has 3 rings (SSSR count). The Kier molecular flexibility index (Phi) is 1.57. The average molecular weight is 193 g/mol. The summed E-state index contributed by atoms with van der Waals surface area (Å²) in [6.45, 7) is 0. The molecule has 0 N–H and O–H groups in total. The summed E-state index contributed by atoms with van der Waals surface area (Å²) in [5.74, 6) is 0. The molecule has 3 nitrogen and oxygen atoms in total. The number of nitrogens with zero attached hydrogens (tertiary/aromatic N) is 3. The second-order valence-corrected chi connectivity index (χ2v) is 3.55. The van der Waals surface area contributed by atoms with Gasteiger partial charge < -0.3 is 0 Å². The lowest BCUT2D eigenvalue weighted by Crippen LogP contribution is -1.86. The number of aromatic nitrogens is 2. The molecule has 0 fully saturated rings. The summed E-state index contributed by atoms with van der Waals surface area (Å²) in [6, 6.07) is 5.98. The summed E-state index contributed by atoms with van der Waals surface area (Å²) in [5.41, 5.74) is 5.07. The Morgan fingerprint density at radius 2 is 2.20 bits per heavy atom. The number of rotatable bonds is 0. The second-order valence-electron chi connectivity index (χ2n) is 3.55. The number of hydrogen-bond donors (Lipinski definition) is 0. The van der Waals surface area contributed by atoms with Crippen LogP contribution in [0.1, 0.15) is 16.7 Å². The Hall–Kier alpha value is -2.21. The summed E-state index contributed by atoms with van der Waals surface area (Å²) in [7, 11) is 0. The number of fused-ring (bicyclic) bond motifs is 3. The first kappa shape index (κ1) is 8.13. The van der Waals surface area contributed by atoms with Gasteiger partial charge in [-0.3, -0.25) is 9.97 Å². The molecule has 3 heteroatoms. The van der Waals surface area contributed by atoms with Gasteiger partial charge >= 0.3 is 0 Å². The quantitative estimate of drug-likeness (QED) is 0.548. The van der Waals surface area contributed by atoms with Crippen LogP contribution in [-0.2, 0) is 6.42 Å². The highest BCUT2D eigenvalue weighted by molar-refractivity contribution is 5.73. The third-order valence-electron chi connectivity index (χ3n) is 2.64. The average Bonchev–Trinajstić information content (AvgIpc) is 2.66. The van der Waals surface area contributed by atoms with E-state index < -0.39 is 0 Å². The lowest BCUT2D eigenvalue weighted by atomic mass is 10.1. The van der Waals surface area contributed by atoms with Crippen molar-refractivity contribution in [1.82, 2.24) is 9.97 Å². The molecule has 1 aliphatic carbocycles. The van der Waals surface area contributed by atoms with Crippen molar-refractivity contribution in [3.05, 3.63) is 47.4 Å². The Balaban J connectivity index is 2.23. The predicted octanol–water partition coefficient (Wildman–Crippen LogP) is 1.92. The minimum absolute atomic E-state index is 0.620. The van der Waals surface area contributed by atoms with E-state index in [4.69, 9.17) is 5.26 Å². The molecule has 70 valence electrons. The molecule has 0 bridgehead atoms. The van der Waals surface area contributed by atoms with Gasteiger partial charge in [-0.2, -0.15) is 5.26 Å². The molecule has 2 aromatic heterocycles. The zero-order valence-electron chi connectivity index (χ0n) is 7.94. The number of pyridine rings is 2. The first-order chi connectivity index (χ1) is 7.38. The lowest BCUT2D eigenvalue weighted by molar-refractivity contribution is 1.19. The number of nitriles is 1. The molecule has 15 heavy (non-hydrogen) atoms. The summed E-state index contributed by atoms with van der Waals surface area (Å²) >= 11 is 0. The predicted molar refractivity (Wildman–Crippen MR) is 55.0 cm³/mol. The van der Waals surface area contributed by atoms with E-state index >= 15 is 0 Å². The molecule has 0 radical (unpaired) electrons. The van der Waals surface area contributed by atoms with Gasteiger partial charge in [-0.1, -0.05) is 0 Å². The van der Waals surface area contributed by atoms with Crippen molar-refractivity contribution in [3.8, 4) is 17.3 Å². The fourth-order valence-electron chi connectivity index (χ4n) is 1.95. The molecular weight excluding hydrogens is 186 g/mol. The summed E-state index contributed by atoms with van der Waals surface area (Å²) in [5, 5.41) is 8.78. The third-order valence-corrected chi connectivity index (χ3v) is 2.64. The second kappa shape index (κ2) is 2.89. The smallest absolute Gasteiger partial charge is 0.101 e. The first-order valence-electron chi connectivity index (χ1n) is 4.71. The molecular formula is C12H7N3. The molecule has 2 aromatic rings. The van der Waals surface area contributed by atoms with E-state index in [2.05, 4.69) is 16.0 Å². The minimum Gasteiger partial charge on any atom is -0.264 e. The van der Waals surface area contributed by atoms with Crippen molar-refractivity contribution >= 4 is 0 Å². The normalized spacial score (nSPS) is 11.7. The topological polar surface area (TPSA) is 49.6 Å². The molecule has 1 aliphatic rings. The highest BCUT2D eigenvalue weighted by Gasteiger charge is 2.19. The van der Waals surface area contributed by atoms with Crippen molar-refractivity contribution in [1.29, 1.82) is 5.26 Å².